The smallest absolute Gasteiger partial charge is 0.200 e. The van der Waals surface area contributed by atoms with E-state index in [9.17, 15) is 0 Å². The van der Waals surface area contributed by atoms with Gasteiger partial charge in [-0.2, -0.15) is 9.36 Å². The topological polar surface area (TPSA) is 77.8 Å². The average Bonchev–Trinajstić information content (AvgIpc) is 2.60. The number of hydrogen-bond acceptors (Lipinski definition) is 6. The Morgan fingerprint density at radius 3 is 2.62 bits per heavy atom. The van der Waals surface area contributed by atoms with Gasteiger partial charge in [0.25, 0.3) is 0 Å². The van der Waals surface area contributed by atoms with Crippen molar-refractivity contribution >= 4 is 16.7 Å². The van der Waals surface area contributed by atoms with Gasteiger partial charge in [-0.1, -0.05) is 5.16 Å². The zero-order valence-corrected chi connectivity index (χ0v) is 8.05. The molecule has 6 heteroatoms. The quantitative estimate of drug-likeness (QED) is 0.745. The van der Waals surface area contributed by atoms with Crippen molar-refractivity contribution in [3.8, 4) is 11.4 Å². The van der Waals surface area contributed by atoms with Crippen molar-refractivity contribution in [3.05, 3.63) is 11.5 Å². The maximum atomic E-state index is 5.48. The van der Waals surface area contributed by atoms with Crippen molar-refractivity contribution in [3.63, 3.8) is 0 Å². The molecule has 0 saturated carbocycles. The van der Waals surface area contributed by atoms with Gasteiger partial charge in [0, 0.05) is 11.5 Å². The van der Waals surface area contributed by atoms with Crippen molar-refractivity contribution in [2.24, 2.45) is 0 Å². The molecular formula is C7H8N4OS. The summed E-state index contributed by atoms with van der Waals surface area (Å²) in [6.45, 7) is 3.68. The van der Waals surface area contributed by atoms with Crippen LogP contribution in [0.2, 0.25) is 0 Å². The summed E-state index contributed by atoms with van der Waals surface area (Å²) in [5.74, 6) is 1.31. The number of rotatable bonds is 1. The number of anilines is 1. The van der Waals surface area contributed by atoms with E-state index >= 15 is 0 Å². The largest absolute Gasteiger partial charge is 0.374 e. The SMILES string of the molecule is Cc1noc(C)c1-c1nsc(N)n1. The highest BCUT2D eigenvalue weighted by Crippen LogP contribution is 2.25. The zero-order valence-electron chi connectivity index (χ0n) is 7.24. The standard InChI is InChI=1S/C7H8N4OS/c1-3-5(4(2)12-10-3)6-9-7(8)13-11-6/h1-2H3,(H2,8,9,11). The number of nitrogens with two attached hydrogens (primary N) is 1. The van der Waals surface area contributed by atoms with Crippen LogP contribution in [0.1, 0.15) is 11.5 Å². The summed E-state index contributed by atoms with van der Waals surface area (Å²) < 4.78 is 9.08. The molecule has 2 rings (SSSR count). The third-order valence-corrected chi connectivity index (χ3v) is 2.24. The lowest BCUT2D eigenvalue weighted by Crippen LogP contribution is -1.86. The van der Waals surface area contributed by atoms with Crippen LogP contribution in [0.5, 0.6) is 0 Å². The van der Waals surface area contributed by atoms with Gasteiger partial charge in [0.15, 0.2) is 11.0 Å². The Morgan fingerprint density at radius 2 is 2.15 bits per heavy atom. The van der Waals surface area contributed by atoms with Gasteiger partial charge in [-0.25, -0.2) is 0 Å². The molecule has 0 aromatic carbocycles. The van der Waals surface area contributed by atoms with Gasteiger partial charge < -0.3 is 10.3 Å². The minimum atomic E-state index is 0.454. The molecule has 2 N–H and O–H groups in total. The fourth-order valence-electron chi connectivity index (χ4n) is 1.14. The summed E-state index contributed by atoms with van der Waals surface area (Å²) in [5.41, 5.74) is 7.11. The molecule has 0 amide bonds. The number of hydrogen-bond donors (Lipinski definition) is 1. The molecule has 0 saturated heterocycles. The van der Waals surface area contributed by atoms with Crippen molar-refractivity contribution in [2.45, 2.75) is 13.8 Å². The first-order valence-electron chi connectivity index (χ1n) is 3.71. The van der Waals surface area contributed by atoms with Crippen LogP contribution in [-0.2, 0) is 0 Å². The number of nitrogens with zero attached hydrogens (tertiary/aromatic N) is 3. The Balaban J connectivity index is 2.57. The molecule has 2 aromatic rings. The summed E-state index contributed by atoms with van der Waals surface area (Å²) in [4.78, 5) is 4.06. The lowest BCUT2D eigenvalue weighted by molar-refractivity contribution is 0.393. The zero-order chi connectivity index (χ0) is 9.42. The van der Waals surface area contributed by atoms with Gasteiger partial charge >= 0.3 is 0 Å². The van der Waals surface area contributed by atoms with E-state index in [1.165, 1.54) is 11.5 Å². The summed E-state index contributed by atoms with van der Waals surface area (Å²) in [6, 6.07) is 0. The Bertz CT molecular complexity index is 414. The highest BCUT2D eigenvalue weighted by atomic mass is 32.1. The lowest BCUT2D eigenvalue weighted by Gasteiger charge is -1.89. The fourth-order valence-corrected chi connectivity index (χ4v) is 1.58. The molecule has 0 aliphatic carbocycles. The second-order valence-corrected chi connectivity index (χ2v) is 3.44. The van der Waals surface area contributed by atoms with Gasteiger partial charge in [-0.15, -0.1) is 0 Å². The van der Waals surface area contributed by atoms with Crippen molar-refractivity contribution in [1.29, 1.82) is 0 Å². The molecule has 2 heterocycles. The van der Waals surface area contributed by atoms with Crippen molar-refractivity contribution in [1.82, 2.24) is 14.5 Å². The molecule has 0 unspecified atom stereocenters. The van der Waals surface area contributed by atoms with E-state index < -0.39 is 0 Å². The minimum Gasteiger partial charge on any atom is -0.374 e. The monoisotopic (exact) mass is 196 g/mol. The molecule has 0 spiro atoms. The lowest BCUT2D eigenvalue weighted by atomic mass is 10.2. The Kier molecular flexibility index (Phi) is 1.77. The van der Waals surface area contributed by atoms with E-state index in [1.54, 1.807) is 0 Å². The van der Waals surface area contributed by atoms with E-state index in [0.717, 1.165) is 17.0 Å². The van der Waals surface area contributed by atoms with E-state index in [4.69, 9.17) is 10.3 Å². The molecule has 0 aliphatic rings. The van der Waals surface area contributed by atoms with Crippen molar-refractivity contribution < 1.29 is 4.52 Å². The summed E-state index contributed by atoms with van der Waals surface area (Å²) in [7, 11) is 0. The van der Waals surface area contributed by atoms with E-state index in [2.05, 4.69) is 14.5 Å². The summed E-state index contributed by atoms with van der Waals surface area (Å²) in [5, 5.41) is 4.26. The molecule has 2 aromatic heterocycles. The van der Waals surface area contributed by atoms with Gasteiger partial charge in [-0.05, 0) is 13.8 Å². The minimum absolute atomic E-state index is 0.454. The average molecular weight is 196 g/mol. The third kappa shape index (κ3) is 1.29. The molecular weight excluding hydrogens is 188 g/mol. The third-order valence-electron chi connectivity index (χ3n) is 1.70. The van der Waals surface area contributed by atoms with Crippen molar-refractivity contribution in [2.75, 3.05) is 5.73 Å². The van der Waals surface area contributed by atoms with Crippen LogP contribution < -0.4 is 5.73 Å². The van der Waals surface area contributed by atoms with Gasteiger partial charge in [0.2, 0.25) is 0 Å². The van der Waals surface area contributed by atoms with E-state index in [1.807, 2.05) is 13.8 Å². The van der Waals surface area contributed by atoms with Crippen LogP contribution >= 0.6 is 11.5 Å². The van der Waals surface area contributed by atoms with Crippen LogP contribution in [0.15, 0.2) is 4.52 Å². The number of aromatic nitrogens is 3. The van der Waals surface area contributed by atoms with Crippen LogP contribution in [0.25, 0.3) is 11.4 Å². The molecule has 0 bridgehead atoms. The molecule has 68 valence electrons. The highest BCUT2D eigenvalue weighted by Gasteiger charge is 2.15. The Hall–Kier alpha value is -1.43. The van der Waals surface area contributed by atoms with E-state index in [-0.39, 0.29) is 0 Å². The molecule has 5 nitrogen and oxygen atoms in total. The first kappa shape index (κ1) is 8.18. The molecule has 0 aliphatic heterocycles. The maximum Gasteiger partial charge on any atom is 0.200 e. The molecule has 0 fully saturated rings. The fraction of sp³-hybridized carbons (Fsp3) is 0.286. The highest BCUT2D eigenvalue weighted by molar-refractivity contribution is 7.09. The van der Waals surface area contributed by atoms with Gasteiger partial charge in [0.05, 0.1) is 11.3 Å². The van der Waals surface area contributed by atoms with Gasteiger partial charge in [0.1, 0.15) is 5.76 Å². The number of nitrogen functional groups attached to an aromatic ring is 1. The second-order valence-electron chi connectivity index (χ2n) is 2.66. The number of aryl methyl sites for hydroxylation is 2. The molecule has 13 heavy (non-hydrogen) atoms. The van der Waals surface area contributed by atoms with Gasteiger partial charge in [-0.3, -0.25) is 0 Å². The van der Waals surface area contributed by atoms with Crippen LogP contribution in [0.4, 0.5) is 5.13 Å². The normalized spacial score (nSPS) is 10.6. The molecule has 0 radical (unpaired) electrons. The predicted molar refractivity (Wildman–Crippen MR) is 49.3 cm³/mol. The van der Waals surface area contributed by atoms with Crippen LogP contribution in [0.3, 0.4) is 0 Å². The second kappa shape index (κ2) is 2.81. The van der Waals surface area contributed by atoms with Crippen LogP contribution in [-0.4, -0.2) is 14.5 Å². The summed E-state index contributed by atoms with van der Waals surface area (Å²) in [6.07, 6.45) is 0. The summed E-state index contributed by atoms with van der Waals surface area (Å²) >= 11 is 1.17. The van der Waals surface area contributed by atoms with E-state index in [0.29, 0.717) is 11.0 Å². The first-order valence-corrected chi connectivity index (χ1v) is 4.48. The molecule has 0 atom stereocenters. The first-order chi connectivity index (χ1) is 6.18. The predicted octanol–water partition coefficient (Wildman–Crippen LogP) is 1.39. The Morgan fingerprint density at radius 1 is 1.38 bits per heavy atom. The maximum absolute atomic E-state index is 5.48. The Labute approximate surface area is 78.7 Å². The van der Waals surface area contributed by atoms with Crippen LogP contribution in [0, 0.1) is 13.8 Å².